The molecule has 0 amide bonds. The van der Waals surface area contributed by atoms with Crippen LogP contribution in [0.2, 0.25) is 5.02 Å². The molecule has 0 saturated heterocycles. The molecule has 0 aliphatic heterocycles. The standard InChI is InChI=1S/C21H16ClFN2O2S/c1-27-16-8-5-14(6-9-16)20(26)19(25-11-3-2-4-12-25)21(28)24-15-7-10-18(23)17(22)13-15/h2-13H,1H3,(H-,24,26,28). The van der Waals surface area contributed by atoms with Gasteiger partial charge in [0.05, 0.1) is 12.1 Å². The van der Waals surface area contributed by atoms with Crippen LogP contribution >= 0.6 is 23.8 Å². The van der Waals surface area contributed by atoms with Gasteiger partial charge in [0.25, 0.3) is 0 Å². The lowest BCUT2D eigenvalue weighted by molar-refractivity contribution is -0.577. The highest BCUT2D eigenvalue weighted by atomic mass is 35.5. The van der Waals surface area contributed by atoms with Gasteiger partial charge in [0.15, 0.2) is 17.4 Å². The van der Waals surface area contributed by atoms with E-state index in [9.17, 15) is 9.50 Å². The average Bonchev–Trinajstić information content (AvgIpc) is 2.71. The van der Waals surface area contributed by atoms with E-state index in [0.717, 1.165) is 0 Å². The minimum atomic E-state index is -0.533. The number of halogens is 2. The van der Waals surface area contributed by atoms with E-state index in [0.29, 0.717) is 17.0 Å². The van der Waals surface area contributed by atoms with E-state index in [2.05, 4.69) is 5.32 Å². The number of methoxy groups -OCH3 is 1. The summed E-state index contributed by atoms with van der Waals surface area (Å²) in [5.74, 6) is -0.161. The second-order valence-electron chi connectivity index (χ2n) is 5.77. The normalized spacial score (nSPS) is 11.5. The molecule has 3 rings (SSSR count). The number of benzene rings is 2. The molecule has 0 aliphatic rings. The lowest BCUT2D eigenvalue weighted by Gasteiger charge is -2.17. The monoisotopic (exact) mass is 414 g/mol. The zero-order valence-electron chi connectivity index (χ0n) is 14.9. The highest BCUT2D eigenvalue weighted by Crippen LogP contribution is 2.22. The molecule has 142 valence electrons. The van der Waals surface area contributed by atoms with Crippen molar-refractivity contribution in [3.63, 3.8) is 0 Å². The Labute approximate surface area is 172 Å². The highest BCUT2D eigenvalue weighted by molar-refractivity contribution is 7.81. The maximum Gasteiger partial charge on any atom is 0.238 e. The van der Waals surface area contributed by atoms with E-state index in [4.69, 9.17) is 28.6 Å². The fraction of sp³-hybridized carbons (Fsp3) is 0.0476. The summed E-state index contributed by atoms with van der Waals surface area (Å²) in [5, 5.41) is 16.1. The van der Waals surface area contributed by atoms with Crippen molar-refractivity contribution in [2.75, 3.05) is 12.4 Å². The molecular formula is C21H16ClFN2O2S. The highest BCUT2D eigenvalue weighted by Gasteiger charge is 2.19. The van der Waals surface area contributed by atoms with Crippen LogP contribution in [0.15, 0.2) is 73.1 Å². The number of ether oxygens (including phenoxy) is 1. The zero-order chi connectivity index (χ0) is 20.1. The number of hydrogen-bond acceptors (Lipinski definition) is 3. The second kappa shape index (κ2) is 8.82. The molecule has 0 spiro atoms. The fourth-order valence-electron chi connectivity index (χ4n) is 2.53. The molecule has 0 radical (unpaired) electrons. The average molecular weight is 415 g/mol. The minimum Gasteiger partial charge on any atom is -0.867 e. The largest absolute Gasteiger partial charge is 0.867 e. The summed E-state index contributed by atoms with van der Waals surface area (Å²) < 4.78 is 20.2. The van der Waals surface area contributed by atoms with E-state index in [1.165, 1.54) is 18.2 Å². The molecular weight excluding hydrogens is 399 g/mol. The summed E-state index contributed by atoms with van der Waals surface area (Å²) in [6.45, 7) is 0. The number of aromatic nitrogens is 1. The first-order chi connectivity index (χ1) is 13.5. The summed E-state index contributed by atoms with van der Waals surface area (Å²) in [5.41, 5.74) is 1.18. The first-order valence-electron chi connectivity index (χ1n) is 8.28. The maximum absolute atomic E-state index is 13.4. The molecule has 1 heterocycles. The van der Waals surface area contributed by atoms with Gasteiger partial charge in [0.1, 0.15) is 11.6 Å². The number of pyridine rings is 1. The van der Waals surface area contributed by atoms with Gasteiger partial charge in [-0.05, 0) is 41.7 Å². The lowest BCUT2D eigenvalue weighted by atomic mass is 10.1. The van der Waals surface area contributed by atoms with Crippen molar-refractivity contribution in [2.45, 2.75) is 0 Å². The molecule has 3 aromatic rings. The molecule has 7 heteroatoms. The van der Waals surface area contributed by atoms with E-state index in [1.807, 2.05) is 6.07 Å². The summed E-state index contributed by atoms with van der Waals surface area (Å²) >= 11 is 11.3. The second-order valence-corrected chi connectivity index (χ2v) is 6.59. The Kier molecular flexibility index (Phi) is 6.23. The van der Waals surface area contributed by atoms with Crippen molar-refractivity contribution in [1.82, 2.24) is 0 Å². The van der Waals surface area contributed by atoms with Crippen molar-refractivity contribution in [1.29, 1.82) is 0 Å². The van der Waals surface area contributed by atoms with Crippen molar-refractivity contribution in [3.8, 4) is 5.75 Å². The van der Waals surface area contributed by atoms with E-state index >= 15 is 0 Å². The molecule has 1 aromatic heterocycles. The first kappa shape index (κ1) is 19.8. The topological polar surface area (TPSA) is 48.2 Å². The van der Waals surface area contributed by atoms with Crippen molar-refractivity contribution in [2.24, 2.45) is 0 Å². The first-order valence-corrected chi connectivity index (χ1v) is 9.07. The Morgan fingerprint density at radius 3 is 2.39 bits per heavy atom. The van der Waals surface area contributed by atoms with Crippen LogP contribution in [0, 0.1) is 5.82 Å². The van der Waals surface area contributed by atoms with Crippen LogP contribution < -0.4 is 19.7 Å². The van der Waals surface area contributed by atoms with Gasteiger partial charge >= 0.3 is 0 Å². The van der Waals surface area contributed by atoms with Crippen molar-refractivity contribution >= 4 is 46.0 Å². The molecule has 4 nitrogen and oxygen atoms in total. The number of nitrogens with zero attached hydrogens (tertiary/aromatic N) is 1. The van der Waals surface area contributed by atoms with Crippen LogP contribution in [-0.4, -0.2) is 12.1 Å². The van der Waals surface area contributed by atoms with E-state index in [-0.39, 0.29) is 21.5 Å². The summed E-state index contributed by atoms with van der Waals surface area (Å²) in [6, 6.07) is 16.3. The Hall–Kier alpha value is -2.96. The molecule has 0 bridgehead atoms. The summed E-state index contributed by atoms with van der Waals surface area (Å²) in [7, 11) is 1.56. The van der Waals surface area contributed by atoms with E-state index in [1.54, 1.807) is 60.5 Å². The third kappa shape index (κ3) is 4.47. The van der Waals surface area contributed by atoms with Crippen molar-refractivity contribution in [3.05, 3.63) is 89.5 Å². The lowest BCUT2D eigenvalue weighted by Crippen LogP contribution is -2.39. The molecule has 0 fully saturated rings. The molecule has 2 aromatic carbocycles. The van der Waals surface area contributed by atoms with Crippen LogP contribution in [0.3, 0.4) is 0 Å². The molecule has 0 unspecified atom stereocenters. The van der Waals surface area contributed by atoms with Gasteiger partial charge in [-0.1, -0.05) is 42.0 Å². The molecule has 1 N–H and O–H groups in total. The van der Waals surface area contributed by atoms with Crippen LogP contribution in [0.4, 0.5) is 10.1 Å². The Bertz CT molecular complexity index is 1020. The van der Waals surface area contributed by atoms with E-state index < -0.39 is 5.82 Å². The predicted octanol–water partition coefficient (Wildman–Crippen LogP) is 3.90. The Balaban J connectivity index is 2.03. The van der Waals surface area contributed by atoms with Gasteiger partial charge in [-0.2, -0.15) is 4.57 Å². The van der Waals surface area contributed by atoms with Crippen LogP contribution in [0.1, 0.15) is 5.56 Å². The maximum atomic E-state index is 13.4. The Morgan fingerprint density at radius 1 is 1.11 bits per heavy atom. The number of nitrogens with one attached hydrogen (secondary N) is 1. The van der Waals surface area contributed by atoms with Crippen LogP contribution in [-0.2, 0) is 0 Å². The van der Waals surface area contributed by atoms with Crippen LogP contribution in [0.5, 0.6) is 5.75 Å². The number of rotatable bonds is 5. The zero-order valence-corrected chi connectivity index (χ0v) is 16.4. The van der Waals surface area contributed by atoms with Gasteiger partial charge < -0.3 is 15.2 Å². The number of anilines is 1. The molecule has 28 heavy (non-hydrogen) atoms. The quantitative estimate of drug-likeness (QED) is 0.298. The predicted molar refractivity (Wildman–Crippen MR) is 110 cm³/mol. The van der Waals surface area contributed by atoms with Gasteiger partial charge in [0.2, 0.25) is 5.70 Å². The SMILES string of the molecule is COc1ccc(/C([O-])=C(/C(=S)Nc2ccc(F)c(Cl)c2)[n+]2ccccc2)cc1. The van der Waals surface area contributed by atoms with Gasteiger partial charge in [-0.25, -0.2) is 4.39 Å². The summed E-state index contributed by atoms with van der Waals surface area (Å²) in [6.07, 6.45) is 3.45. The smallest absolute Gasteiger partial charge is 0.238 e. The number of thiocarbonyl (C=S) groups is 1. The fourth-order valence-corrected chi connectivity index (χ4v) is 3.03. The number of hydrogen-bond donors (Lipinski definition) is 1. The van der Waals surface area contributed by atoms with Gasteiger partial charge in [0, 0.05) is 17.8 Å². The molecule has 0 atom stereocenters. The third-order valence-corrected chi connectivity index (χ3v) is 4.52. The van der Waals surface area contributed by atoms with Crippen LogP contribution in [0.25, 0.3) is 11.5 Å². The molecule has 0 aliphatic carbocycles. The molecule has 0 saturated carbocycles. The Morgan fingerprint density at radius 2 is 1.79 bits per heavy atom. The third-order valence-electron chi connectivity index (χ3n) is 3.93. The van der Waals surface area contributed by atoms with Gasteiger partial charge in [-0.15, -0.1) is 0 Å². The van der Waals surface area contributed by atoms with Gasteiger partial charge in [-0.3, -0.25) is 0 Å². The van der Waals surface area contributed by atoms with Crippen molar-refractivity contribution < 1.29 is 18.8 Å². The summed E-state index contributed by atoms with van der Waals surface area (Å²) in [4.78, 5) is 0.180. The minimum absolute atomic E-state index is 0.0387.